The maximum Gasteiger partial charge on any atom is 0.335 e. The van der Waals surface area contributed by atoms with Crippen molar-refractivity contribution in [2.45, 2.75) is 46.9 Å². The number of nitrogens with one attached hydrogen (secondary N) is 2. The van der Waals surface area contributed by atoms with E-state index in [0.29, 0.717) is 29.8 Å². The highest BCUT2D eigenvalue weighted by Gasteiger charge is 2.24. The molecule has 0 aliphatic carbocycles. The van der Waals surface area contributed by atoms with Gasteiger partial charge in [0.15, 0.2) is 5.78 Å². The number of hydrogen-bond donors (Lipinski definition) is 4. The van der Waals surface area contributed by atoms with E-state index in [1.54, 1.807) is 35.9 Å². The molecule has 0 unspecified atom stereocenters. The number of hydrogen-bond acceptors (Lipinski definition) is 9. The Morgan fingerprint density at radius 1 is 0.493 bits per heavy atom. The highest BCUT2D eigenvalue weighted by atomic mass is 32.2. The van der Waals surface area contributed by atoms with Crippen molar-refractivity contribution in [3.05, 3.63) is 252 Å². The van der Waals surface area contributed by atoms with Crippen molar-refractivity contribution < 1.29 is 33.1 Å². The summed E-state index contributed by atoms with van der Waals surface area (Å²) in [5.74, 6) is -1.45. The Hall–Kier alpha value is -7.78. The number of thioether (sulfide) groups is 2. The normalized spacial score (nSPS) is 11.3. The first-order valence-corrected chi connectivity index (χ1v) is 24.4. The van der Waals surface area contributed by atoms with Crippen LogP contribution in [0.1, 0.15) is 49.4 Å². The highest BCUT2D eigenvalue weighted by Crippen LogP contribution is 2.24. The van der Waals surface area contributed by atoms with Crippen molar-refractivity contribution in [3.63, 3.8) is 0 Å². The number of nitrogens with two attached hydrogens (primary N) is 1. The van der Waals surface area contributed by atoms with Crippen LogP contribution in [0.15, 0.2) is 217 Å². The van der Waals surface area contributed by atoms with Gasteiger partial charge < -0.3 is 21.5 Å². The molecule has 10 nitrogen and oxygen atoms in total. The van der Waals surface area contributed by atoms with E-state index < -0.39 is 29.6 Å². The minimum absolute atomic E-state index is 0.0187. The third kappa shape index (κ3) is 18.6. The number of amides is 2. The second-order valence-electron chi connectivity index (χ2n) is 15.9. The lowest BCUT2D eigenvalue weighted by Gasteiger charge is -2.17. The molecule has 0 saturated carbocycles. The van der Waals surface area contributed by atoms with Crippen LogP contribution >= 0.6 is 23.5 Å². The number of halogens is 2. The minimum atomic E-state index is -1.04. The number of nitrogens with zero attached hydrogens (tertiary/aromatic N) is 2. The van der Waals surface area contributed by atoms with Gasteiger partial charge in [0.05, 0.1) is 45.4 Å². The average Bonchev–Trinajstić information content (AvgIpc) is 3.40. The van der Waals surface area contributed by atoms with Crippen molar-refractivity contribution in [1.29, 1.82) is 0 Å². The van der Waals surface area contributed by atoms with Crippen molar-refractivity contribution in [3.8, 4) is 0 Å². The lowest BCUT2D eigenvalue weighted by Crippen LogP contribution is -2.37. The molecule has 0 bridgehead atoms. The highest BCUT2D eigenvalue weighted by molar-refractivity contribution is 7.98. The lowest BCUT2D eigenvalue weighted by atomic mass is 9.91. The number of rotatable bonds is 18. The van der Waals surface area contributed by atoms with Gasteiger partial charge in [-0.15, -0.1) is 23.5 Å². The molecule has 71 heavy (non-hydrogen) atoms. The largest absolute Gasteiger partial charge is 0.478 e. The molecule has 2 aromatic heterocycles. The van der Waals surface area contributed by atoms with Gasteiger partial charge in [0, 0.05) is 29.4 Å². The molecule has 0 radical (unpaired) electrons. The van der Waals surface area contributed by atoms with Crippen LogP contribution in [0.4, 0.5) is 20.2 Å². The fourth-order valence-corrected chi connectivity index (χ4v) is 8.31. The van der Waals surface area contributed by atoms with Crippen LogP contribution in [0.5, 0.6) is 0 Å². The number of carbonyl (C=O) groups is 4. The average molecular weight is 988 g/mol. The molecule has 0 aliphatic rings. The molecule has 14 heteroatoms. The zero-order valence-corrected chi connectivity index (χ0v) is 40.1. The van der Waals surface area contributed by atoms with Gasteiger partial charge in [0.2, 0.25) is 11.8 Å². The molecular formula is C57H51F2N5O5S2. The molecule has 360 valence electrons. The smallest absolute Gasteiger partial charge is 0.335 e. The van der Waals surface area contributed by atoms with E-state index in [2.05, 4.69) is 44.9 Å². The number of carbonyl (C=O) groups excluding carboxylic acids is 3. The monoisotopic (exact) mass is 987 g/mol. The first-order valence-electron chi connectivity index (χ1n) is 22.5. The maximum atomic E-state index is 13.3. The Morgan fingerprint density at radius 2 is 0.887 bits per heavy atom. The predicted molar refractivity (Wildman–Crippen MR) is 278 cm³/mol. The summed E-state index contributed by atoms with van der Waals surface area (Å²) in [7, 11) is 0. The molecular weight excluding hydrogens is 937 g/mol. The molecule has 2 amide bonds. The zero-order valence-electron chi connectivity index (χ0n) is 38.4. The van der Waals surface area contributed by atoms with Crippen LogP contribution in [0.25, 0.3) is 0 Å². The fourth-order valence-electron chi connectivity index (χ4n) is 6.71. The van der Waals surface area contributed by atoms with Gasteiger partial charge in [-0.05, 0) is 108 Å². The molecule has 2 heterocycles. The van der Waals surface area contributed by atoms with Gasteiger partial charge in [0.25, 0.3) is 0 Å². The quantitative estimate of drug-likeness (QED) is 0.0480. The van der Waals surface area contributed by atoms with Crippen molar-refractivity contribution >= 4 is 58.5 Å². The topological polar surface area (TPSA) is 164 Å². The Kier molecular flexibility index (Phi) is 20.8. The molecule has 2 atom stereocenters. The fraction of sp³-hybridized carbons (Fsp3) is 0.123. The van der Waals surface area contributed by atoms with Gasteiger partial charge in [-0.1, -0.05) is 121 Å². The number of Topliss-reactive ketones (excluding diaryl/α,β-unsaturated/α-hetero) is 1. The molecule has 8 rings (SSSR count). The summed E-state index contributed by atoms with van der Waals surface area (Å²) in [6.45, 7) is 0. The summed E-state index contributed by atoms with van der Waals surface area (Å²) in [6.07, 6.45) is 4.24. The third-order valence-electron chi connectivity index (χ3n) is 10.5. The standard InChI is InChI=1S/C29H25FN2O2S.C21H21N3OS.C7H5FO2/c30-25-13-11-23(12-14-25)27(33)18-24(17-21-7-3-1-4-8-21)29(34)32-26-15-16-28(31-19-26)35-20-22-9-5-2-6-10-22;22-19(13-16-7-3-1-4-8-16)21(25)24-18-11-12-20(23-14-18)26-15-17-9-5-2-6-10-17;8-6-3-1-5(2-4-6)7(9)10/h1-16,19,24H,17-18,20H2,(H,32,34);1-12,14,19H,13,15,22H2,(H,24,25);1-4H,(H,9,10)/t24-;19-;/m10./s1. The third-order valence-corrected chi connectivity index (χ3v) is 12.5. The number of benzene rings is 6. The number of carboxylic acid groups (broad SMARTS) is 1. The lowest BCUT2D eigenvalue weighted by molar-refractivity contribution is -0.120. The molecule has 5 N–H and O–H groups in total. The second-order valence-corrected chi connectivity index (χ2v) is 17.9. The predicted octanol–water partition coefficient (Wildman–Crippen LogP) is 12.0. The Labute approximate surface area is 420 Å². The summed E-state index contributed by atoms with van der Waals surface area (Å²) < 4.78 is 25.4. The maximum absolute atomic E-state index is 13.3. The molecule has 8 aromatic rings. The van der Waals surface area contributed by atoms with Crippen LogP contribution in [0.2, 0.25) is 0 Å². The number of ketones is 1. The summed E-state index contributed by atoms with van der Waals surface area (Å²) in [4.78, 5) is 57.3. The second kappa shape index (κ2) is 28.0. The van der Waals surface area contributed by atoms with E-state index in [4.69, 9.17) is 10.8 Å². The number of anilines is 2. The van der Waals surface area contributed by atoms with Crippen LogP contribution in [-0.4, -0.2) is 44.7 Å². The molecule has 6 aromatic carbocycles. The van der Waals surface area contributed by atoms with Crippen LogP contribution in [0.3, 0.4) is 0 Å². The van der Waals surface area contributed by atoms with Crippen molar-refractivity contribution in [2.75, 3.05) is 10.6 Å². The van der Waals surface area contributed by atoms with Gasteiger partial charge in [0.1, 0.15) is 11.6 Å². The summed E-state index contributed by atoms with van der Waals surface area (Å²) in [5.41, 5.74) is 12.2. The van der Waals surface area contributed by atoms with E-state index in [1.807, 2.05) is 121 Å². The molecule has 0 saturated heterocycles. The zero-order chi connectivity index (χ0) is 50.2. The van der Waals surface area contributed by atoms with E-state index in [-0.39, 0.29) is 29.6 Å². The summed E-state index contributed by atoms with van der Waals surface area (Å²) in [5, 5.41) is 15.9. The summed E-state index contributed by atoms with van der Waals surface area (Å²) in [6, 6.07) is 56.7. The number of carboxylic acids is 1. The first-order chi connectivity index (χ1) is 34.5. The van der Waals surface area contributed by atoms with Crippen LogP contribution in [0, 0.1) is 17.6 Å². The van der Waals surface area contributed by atoms with Gasteiger partial charge in [-0.2, -0.15) is 0 Å². The van der Waals surface area contributed by atoms with Crippen LogP contribution in [-0.2, 0) is 33.9 Å². The van der Waals surface area contributed by atoms with Gasteiger partial charge in [-0.25, -0.2) is 23.5 Å². The Morgan fingerprint density at radius 3 is 1.30 bits per heavy atom. The van der Waals surface area contributed by atoms with E-state index in [0.717, 1.165) is 44.8 Å². The summed E-state index contributed by atoms with van der Waals surface area (Å²) >= 11 is 3.28. The SMILES string of the molecule is N[C@@H](Cc1ccccc1)C(=O)Nc1ccc(SCc2ccccc2)nc1.O=C(C[C@@H](Cc1ccccc1)C(=O)Nc1ccc(SCc2ccccc2)nc1)c1ccc(F)cc1.O=C(O)c1ccc(F)cc1. The van der Waals surface area contributed by atoms with Gasteiger partial charge in [-0.3, -0.25) is 14.4 Å². The molecule has 0 spiro atoms. The minimum Gasteiger partial charge on any atom is -0.478 e. The number of aromatic nitrogens is 2. The first kappa shape index (κ1) is 52.6. The van der Waals surface area contributed by atoms with Crippen molar-refractivity contribution in [2.24, 2.45) is 11.7 Å². The molecule has 0 aliphatic heterocycles. The van der Waals surface area contributed by atoms with Crippen LogP contribution < -0.4 is 16.4 Å². The Bertz CT molecular complexity index is 2890. The van der Waals surface area contributed by atoms with Gasteiger partial charge >= 0.3 is 5.97 Å². The number of aromatic carboxylic acids is 1. The number of pyridine rings is 2. The molecule has 0 fully saturated rings. The van der Waals surface area contributed by atoms with Crippen molar-refractivity contribution in [1.82, 2.24) is 9.97 Å². The van der Waals surface area contributed by atoms with E-state index in [9.17, 15) is 28.0 Å². The Balaban J connectivity index is 0.000000200. The van der Waals surface area contributed by atoms with E-state index in [1.165, 1.54) is 47.5 Å². The van der Waals surface area contributed by atoms with E-state index >= 15 is 0 Å².